The highest BCUT2D eigenvalue weighted by Gasteiger charge is 2.14. The largest absolute Gasteiger partial charge is 0.383 e. The fourth-order valence-electron chi connectivity index (χ4n) is 1.98. The Morgan fingerprint density at radius 3 is 3.00 bits per heavy atom. The van der Waals surface area contributed by atoms with Crippen molar-refractivity contribution in [2.45, 2.75) is 25.9 Å². The summed E-state index contributed by atoms with van der Waals surface area (Å²) < 4.78 is 5.02. The molecule has 0 spiro atoms. The van der Waals surface area contributed by atoms with Gasteiger partial charge in [-0.05, 0) is 18.4 Å². The first kappa shape index (κ1) is 16.4. The van der Waals surface area contributed by atoms with Crippen LogP contribution in [0.5, 0.6) is 0 Å². The Kier molecular flexibility index (Phi) is 6.63. The number of nitrogens with zero attached hydrogens (tertiary/aromatic N) is 2. The molecule has 0 aliphatic heterocycles. The van der Waals surface area contributed by atoms with E-state index >= 15 is 0 Å². The Balaban J connectivity index is 1.84. The van der Waals surface area contributed by atoms with Crippen molar-refractivity contribution in [2.75, 3.05) is 32.2 Å². The maximum Gasteiger partial charge on any atom is 0.185 e. The minimum Gasteiger partial charge on any atom is -0.383 e. The number of likely N-dealkylation sites (N-methyl/N-ethyl adjacent to an activating group) is 1. The Bertz CT molecular complexity index is 513. The fourth-order valence-corrected chi connectivity index (χ4v) is 3.70. The summed E-state index contributed by atoms with van der Waals surface area (Å²) in [6.45, 7) is 4.63. The zero-order valence-corrected chi connectivity index (χ0v) is 14.5. The number of nitrogens with one attached hydrogen (secondary N) is 1. The van der Waals surface area contributed by atoms with Gasteiger partial charge in [-0.15, -0.1) is 22.7 Å². The molecule has 0 aliphatic carbocycles. The van der Waals surface area contributed by atoms with Crippen LogP contribution in [0.1, 0.15) is 17.5 Å². The molecule has 2 rings (SSSR count). The SMILES string of the molecule is COCCNCc1csc(N(C)C(C)Cc2cccs2)n1. The summed E-state index contributed by atoms with van der Waals surface area (Å²) in [5.74, 6) is 0. The normalized spacial score (nSPS) is 12.5. The maximum atomic E-state index is 5.02. The van der Waals surface area contributed by atoms with E-state index in [1.165, 1.54) is 4.88 Å². The van der Waals surface area contributed by atoms with Crippen LogP contribution in [0, 0.1) is 0 Å². The van der Waals surface area contributed by atoms with E-state index in [0.717, 1.165) is 36.9 Å². The third-order valence-corrected chi connectivity index (χ3v) is 5.25. The molecule has 0 aliphatic rings. The van der Waals surface area contributed by atoms with Gasteiger partial charge in [0.2, 0.25) is 0 Å². The van der Waals surface area contributed by atoms with E-state index in [9.17, 15) is 0 Å². The second-order valence-corrected chi connectivity index (χ2v) is 6.90. The van der Waals surface area contributed by atoms with E-state index in [4.69, 9.17) is 9.72 Å². The Morgan fingerprint density at radius 1 is 1.43 bits per heavy atom. The van der Waals surface area contributed by atoms with Crippen molar-refractivity contribution in [3.05, 3.63) is 33.5 Å². The molecule has 2 aromatic heterocycles. The quantitative estimate of drug-likeness (QED) is 0.719. The van der Waals surface area contributed by atoms with Gasteiger partial charge in [0.25, 0.3) is 0 Å². The molecular weight excluding hydrogens is 302 g/mol. The van der Waals surface area contributed by atoms with Crippen LogP contribution in [-0.4, -0.2) is 38.3 Å². The second kappa shape index (κ2) is 8.48. The molecule has 0 fully saturated rings. The van der Waals surface area contributed by atoms with E-state index < -0.39 is 0 Å². The number of hydrogen-bond acceptors (Lipinski definition) is 6. The third-order valence-electron chi connectivity index (χ3n) is 3.37. The summed E-state index contributed by atoms with van der Waals surface area (Å²) in [5.41, 5.74) is 1.10. The van der Waals surface area contributed by atoms with Gasteiger partial charge in [-0.2, -0.15) is 0 Å². The monoisotopic (exact) mass is 325 g/mol. The van der Waals surface area contributed by atoms with Crippen molar-refractivity contribution >= 4 is 27.8 Å². The number of hydrogen-bond donors (Lipinski definition) is 1. The summed E-state index contributed by atoms with van der Waals surface area (Å²) in [4.78, 5) is 8.39. The van der Waals surface area contributed by atoms with Gasteiger partial charge in [-0.3, -0.25) is 0 Å². The summed E-state index contributed by atoms with van der Waals surface area (Å²) >= 11 is 3.53. The van der Waals surface area contributed by atoms with E-state index in [2.05, 4.69) is 47.1 Å². The average molecular weight is 326 g/mol. The molecule has 1 unspecified atom stereocenters. The molecular formula is C15H23N3OS2. The minimum atomic E-state index is 0.448. The van der Waals surface area contributed by atoms with Crippen molar-refractivity contribution < 1.29 is 4.74 Å². The molecule has 2 aromatic rings. The van der Waals surface area contributed by atoms with Crippen LogP contribution >= 0.6 is 22.7 Å². The summed E-state index contributed by atoms with van der Waals surface area (Å²) in [7, 11) is 3.84. The molecule has 0 bridgehead atoms. The fraction of sp³-hybridized carbons (Fsp3) is 0.533. The summed E-state index contributed by atoms with van der Waals surface area (Å²) in [6.07, 6.45) is 1.06. The molecule has 0 amide bonds. The predicted octanol–water partition coefficient (Wildman–Crippen LogP) is 3.01. The first-order valence-corrected chi connectivity index (χ1v) is 8.86. The summed E-state index contributed by atoms with van der Waals surface area (Å²) in [6, 6.07) is 4.76. The van der Waals surface area contributed by atoms with Crippen LogP contribution in [0.25, 0.3) is 0 Å². The third kappa shape index (κ3) is 5.07. The highest BCUT2D eigenvalue weighted by atomic mass is 32.1. The first-order chi connectivity index (χ1) is 10.2. The van der Waals surface area contributed by atoms with Gasteiger partial charge in [-0.1, -0.05) is 6.07 Å². The van der Waals surface area contributed by atoms with Gasteiger partial charge >= 0.3 is 0 Å². The standard InChI is InChI=1S/C15H23N3OS2/c1-12(9-14-5-4-8-20-14)18(2)15-17-13(11-21-15)10-16-6-7-19-3/h4-5,8,11-12,16H,6-7,9-10H2,1-3H3. The lowest BCUT2D eigenvalue weighted by Crippen LogP contribution is -2.30. The molecule has 1 atom stereocenters. The van der Waals surface area contributed by atoms with E-state index in [1.807, 2.05) is 11.3 Å². The van der Waals surface area contributed by atoms with Gasteiger partial charge in [0.15, 0.2) is 5.13 Å². The van der Waals surface area contributed by atoms with Crippen LogP contribution < -0.4 is 10.2 Å². The smallest absolute Gasteiger partial charge is 0.185 e. The zero-order chi connectivity index (χ0) is 15.1. The topological polar surface area (TPSA) is 37.4 Å². The van der Waals surface area contributed by atoms with Crippen LogP contribution in [0.4, 0.5) is 5.13 Å². The molecule has 116 valence electrons. The van der Waals surface area contributed by atoms with E-state index in [1.54, 1.807) is 18.4 Å². The molecule has 0 radical (unpaired) electrons. The molecule has 6 heteroatoms. The molecule has 0 saturated heterocycles. The molecule has 2 heterocycles. The van der Waals surface area contributed by atoms with E-state index in [0.29, 0.717) is 6.04 Å². The number of anilines is 1. The van der Waals surface area contributed by atoms with Crippen LogP contribution in [0.2, 0.25) is 0 Å². The Morgan fingerprint density at radius 2 is 2.29 bits per heavy atom. The van der Waals surface area contributed by atoms with Crippen LogP contribution in [0.15, 0.2) is 22.9 Å². The molecule has 0 aromatic carbocycles. The second-order valence-electron chi connectivity index (χ2n) is 5.03. The highest BCUT2D eigenvalue weighted by Crippen LogP contribution is 2.23. The first-order valence-electron chi connectivity index (χ1n) is 7.10. The number of aromatic nitrogens is 1. The predicted molar refractivity (Wildman–Crippen MR) is 91.6 cm³/mol. The number of ether oxygens (including phenoxy) is 1. The van der Waals surface area contributed by atoms with Gasteiger partial charge in [0.1, 0.15) is 0 Å². The minimum absolute atomic E-state index is 0.448. The zero-order valence-electron chi connectivity index (χ0n) is 12.8. The maximum absolute atomic E-state index is 5.02. The number of methoxy groups -OCH3 is 1. The van der Waals surface area contributed by atoms with Gasteiger partial charge in [0, 0.05) is 50.0 Å². The number of thiazole rings is 1. The van der Waals surface area contributed by atoms with Gasteiger partial charge < -0.3 is 15.0 Å². The molecule has 0 saturated carbocycles. The van der Waals surface area contributed by atoms with Crippen molar-refractivity contribution in [3.63, 3.8) is 0 Å². The lowest BCUT2D eigenvalue weighted by molar-refractivity contribution is 0.199. The number of rotatable bonds is 9. The molecule has 21 heavy (non-hydrogen) atoms. The van der Waals surface area contributed by atoms with Crippen LogP contribution in [0.3, 0.4) is 0 Å². The van der Waals surface area contributed by atoms with Crippen molar-refractivity contribution in [1.29, 1.82) is 0 Å². The Labute approximate surface area is 134 Å². The van der Waals surface area contributed by atoms with Gasteiger partial charge in [-0.25, -0.2) is 4.98 Å². The van der Waals surface area contributed by atoms with Crippen molar-refractivity contribution in [1.82, 2.24) is 10.3 Å². The van der Waals surface area contributed by atoms with Gasteiger partial charge in [0.05, 0.1) is 12.3 Å². The number of thiophene rings is 1. The van der Waals surface area contributed by atoms with Crippen molar-refractivity contribution in [3.8, 4) is 0 Å². The Hall–Kier alpha value is -0.950. The summed E-state index contributed by atoms with van der Waals surface area (Å²) in [5, 5.41) is 8.67. The van der Waals surface area contributed by atoms with Crippen LogP contribution in [-0.2, 0) is 17.7 Å². The lowest BCUT2D eigenvalue weighted by atomic mass is 10.2. The lowest BCUT2D eigenvalue weighted by Gasteiger charge is -2.23. The molecule has 1 N–H and O–H groups in total. The van der Waals surface area contributed by atoms with E-state index in [-0.39, 0.29) is 0 Å². The average Bonchev–Trinajstić information content (AvgIpc) is 3.14. The molecule has 4 nitrogen and oxygen atoms in total. The van der Waals surface area contributed by atoms with Crippen molar-refractivity contribution in [2.24, 2.45) is 0 Å². The highest BCUT2D eigenvalue weighted by molar-refractivity contribution is 7.13.